The van der Waals surface area contributed by atoms with E-state index in [-0.39, 0.29) is 5.02 Å². The second-order valence-corrected chi connectivity index (χ2v) is 7.58. The van der Waals surface area contributed by atoms with Crippen LogP contribution in [0, 0.1) is 12.7 Å². The second kappa shape index (κ2) is 6.27. The maximum Gasteiger partial charge on any atom is 0.498 e. The van der Waals surface area contributed by atoms with Gasteiger partial charge >= 0.3 is 7.12 Å². The fraction of sp³-hybridized carbons (Fsp3) is 0.389. The van der Waals surface area contributed by atoms with E-state index in [1.54, 1.807) is 12.1 Å². The summed E-state index contributed by atoms with van der Waals surface area (Å²) >= 11 is 6.06. The van der Waals surface area contributed by atoms with E-state index in [2.05, 4.69) is 10.3 Å². The summed E-state index contributed by atoms with van der Waals surface area (Å²) in [5.41, 5.74) is 1.07. The smallest absolute Gasteiger partial charge is 0.399 e. The van der Waals surface area contributed by atoms with Crippen LogP contribution in [0.25, 0.3) is 0 Å². The zero-order chi connectivity index (χ0) is 18.4. The summed E-state index contributed by atoms with van der Waals surface area (Å²) in [4.78, 5) is 4.53. The number of anilines is 2. The standard InChI is InChI=1S/C18H21BClFN2O2/c1-11-9-10-12(19-24-17(2,3)18(4,5)25-19)16(22-11)23-14-8-6-7-13(21)15(14)20/h6-10H,1-5H3,(H,22,23). The highest BCUT2D eigenvalue weighted by Crippen LogP contribution is 2.37. The Morgan fingerprint density at radius 1 is 1.08 bits per heavy atom. The Morgan fingerprint density at radius 2 is 1.72 bits per heavy atom. The van der Waals surface area contributed by atoms with Gasteiger partial charge in [0.2, 0.25) is 0 Å². The Hall–Kier alpha value is -1.63. The molecule has 4 nitrogen and oxygen atoms in total. The first-order valence-corrected chi connectivity index (χ1v) is 8.53. The average Bonchev–Trinajstić information content (AvgIpc) is 2.72. The molecule has 1 aliphatic heterocycles. The van der Waals surface area contributed by atoms with Crippen LogP contribution in [-0.4, -0.2) is 23.3 Å². The normalized spacial score (nSPS) is 18.4. The molecular weight excluding hydrogens is 341 g/mol. The molecule has 2 aromatic rings. The van der Waals surface area contributed by atoms with Crippen molar-refractivity contribution >= 4 is 35.7 Å². The predicted molar refractivity (Wildman–Crippen MR) is 99.4 cm³/mol. The molecule has 1 saturated heterocycles. The van der Waals surface area contributed by atoms with E-state index in [1.165, 1.54) is 6.07 Å². The second-order valence-electron chi connectivity index (χ2n) is 7.21. The van der Waals surface area contributed by atoms with E-state index >= 15 is 0 Å². The molecule has 1 N–H and O–H groups in total. The van der Waals surface area contributed by atoms with E-state index in [0.29, 0.717) is 11.5 Å². The average molecular weight is 363 g/mol. The van der Waals surface area contributed by atoms with Crippen LogP contribution in [0.15, 0.2) is 30.3 Å². The lowest BCUT2D eigenvalue weighted by Gasteiger charge is -2.32. The van der Waals surface area contributed by atoms with Crippen molar-refractivity contribution in [1.82, 2.24) is 4.98 Å². The zero-order valence-corrected chi connectivity index (χ0v) is 15.7. The molecule has 0 unspecified atom stereocenters. The van der Waals surface area contributed by atoms with Crippen molar-refractivity contribution in [3.63, 3.8) is 0 Å². The van der Waals surface area contributed by atoms with E-state index in [9.17, 15) is 4.39 Å². The number of pyridine rings is 1. The molecule has 1 aromatic carbocycles. The van der Waals surface area contributed by atoms with Gasteiger partial charge in [-0.1, -0.05) is 23.7 Å². The molecule has 0 radical (unpaired) electrons. The van der Waals surface area contributed by atoms with Crippen molar-refractivity contribution in [2.75, 3.05) is 5.32 Å². The highest BCUT2D eigenvalue weighted by molar-refractivity contribution is 6.63. The summed E-state index contributed by atoms with van der Waals surface area (Å²) in [6.07, 6.45) is 0. The number of benzene rings is 1. The Bertz CT molecular complexity index is 798. The summed E-state index contributed by atoms with van der Waals surface area (Å²) in [5, 5.41) is 3.13. The Labute approximate surface area is 152 Å². The van der Waals surface area contributed by atoms with Crippen LogP contribution >= 0.6 is 11.6 Å². The van der Waals surface area contributed by atoms with E-state index in [1.807, 2.05) is 46.8 Å². The SMILES string of the molecule is Cc1ccc(B2OC(C)(C)C(C)(C)O2)c(Nc2cccc(F)c2Cl)n1. The molecule has 7 heteroatoms. The van der Waals surface area contributed by atoms with Gasteiger partial charge in [0.25, 0.3) is 0 Å². The molecular formula is C18H21BClFN2O2. The molecule has 0 atom stereocenters. The summed E-state index contributed by atoms with van der Waals surface area (Å²) in [6.45, 7) is 9.85. The Kier molecular flexibility index (Phi) is 4.56. The molecule has 1 aliphatic rings. The molecule has 132 valence electrons. The first kappa shape index (κ1) is 18.2. The first-order chi connectivity index (χ1) is 11.6. The minimum absolute atomic E-state index is 0.0191. The van der Waals surface area contributed by atoms with E-state index in [4.69, 9.17) is 20.9 Å². The van der Waals surface area contributed by atoms with Gasteiger partial charge in [-0.2, -0.15) is 0 Å². The van der Waals surface area contributed by atoms with Gasteiger partial charge in [0.15, 0.2) is 0 Å². The van der Waals surface area contributed by atoms with Gasteiger partial charge in [0, 0.05) is 11.2 Å². The van der Waals surface area contributed by atoms with Gasteiger partial charge in [0.1, 0.15) is 11.6 Å². The van der Waals surface area contributed by atoms with Gasteiger partial charge in [-0.05, 0) is 52.8 Å². The third-order valence-electron chi connectivity index (χ3n) is 4.78. The lowest BCUT2D eigenvalue weighted by molar-refractivity contribution is 0.00578. The van der Waals surface area contributed by atoms with Gasteiger partial charge in [-0.3, -0.25) is 0 Å². The number of rotatable bonds is 3. The molecule has 0 aliphatic carbocycles. The zero-order valence-electron chi connectivity index (χ0n) is 15.0. The van der Waals surface area contributed by atoms with Crippen molar-refractivity contribution < 1.29 is 13.7 Å². The first-order valence-electron chi connectivity index (χ1n) is 8.15. The maximum absolute atomic E-state index is 13.7. The molecule has 0 saturated carbocycles. The van der Waals surface area contributed by atoms with Crippen molar-refractivity contribution in [1.29, 1.82) is 0 Å². The summed E-state index contributed by atoms with van der Waals surface area (Å²) in [6, 6.07) is 8.39. The highest BCUT2D eigenvalue weighted by Gasteiger charge is 2.52. The predicted octanol–water partition coefficient (Wildman–Crippen LogP) is 4.23. The topological polar surface area (TPSA) is 43.4 Å². The van der Waals surface area contributed by atoms with Crippen molar-refractivity contribution in [3.05, 3.63) is 46.9 Å². The van der Waals surface area contributed by atoms with Crippen LogP contribution < -0.4 is 10.8 Å². The monoisotopic (exact) mass is 362 g/mol. The molecule has 0 amide bonds. The fourth-order valence-electron chi connectivity index (χ4n) is 2.56. The largest absolute Gasteiger partial charge is 0.498 e. The fourth-order valence-corrected chi connectivity index (χ4v) is 2.73. The van der Waals surface area contributed by atoms with E-state index < -0.39 is 24.1 Å². The summed E-state index contributed by atoms with van der Waals surface area (Å²) in [7, 11) is -0.576. The summed E-state index contributed by atoms with van der Waals surface area (Å²) < 4.78 is 26.0. The molecule has 2 heterocycles. The number of nitrogens with one attached hydrogen (secondary N) is 1. The number of halogens is 2. The molecule has 0 spiro atoms. The molecule has 1 aromatic heterocycles. The van der Waals surface area contributed by atoms with Crippen LogP contribution in [0.1, 0.15) is 33.4 Å². The van der Waals surface area contributed by atoms with Gasteiger partial charge in [0.05, 0.1) is 21.9 Å². The van der Waals surface area contributed by atoms with Crippen LogP contribution in [0.5, 0.6) is 0 Å². The van der Waals surface area contributed by atoms with Crippen molar-refractivity contribution in [3.8, 4) is 0 Å². The number of nitrogens with zero attached hydrogens (tertiary/aromatic N) is 1. The lowest BCUT2D eigenvalue weighted by atomic mass is 9.79. The minimum atomic E-state index is -0.576. The van der Waals surface area contributed by atoms with Crippen LogP contribution in [-0.2, 0) is 9.31 Å². The molecule has 0 bridgehead atoms. The van der Waals surface area contributed by atoms with Crippen molar-refractivity contribution in [2.45, 2.75) is 45.8 Å². The van der Waals surface area contributed by atoms with Crippen LogP contribution in [0.4, 0.5) is 15.9 Å². The number of hydrogen-bond donors (Lipinski definition) is 1. The van der Waals surface area contributed by atoms with E-state index in [0.717, 1.165) is 11.2 Å². The molecule has 25 heavy (non-hydrogen) atoms. The third-order valence-corrected chi connectivity index (χ3v) is 5.16. The lowest BCUT2D eigenvalue weighted by Crippen LogP contribution is -2.41. The highest BCUT2D eigenvalue weighted by atomic mass is 35.5. The van der Waals surface area contributed by atoms with Crippen LogP contribution in [0.2, 0.25) is 5.02 Å². The van der Waals surface area contributed by atoms with Gasteiger partial charge in [-0.15, -0.1) is 0 Å². The molecule has 1 fully saturated rings. The Balaban J connectivity index is 1.99. The third kappa shape index (κ3) is 3.39. The maximum atomic E-state index is 13.7. The van der Waals surface area contributed by atoms with Gasteiger partial charge < -0.3 is 14.6 Å². The minimum Gasteiger partial charge on any atom is -0.399 e. The van der Waals surface area contributed by atoms with Gasteiger partial charge in [-0.25, -0.2) is 9.37 Å². The quantitative estimate of drug-likeness (QED) is 0.830. The van der Waals surface area contributed by atoms with Crippen molar-refractivity contribution in [2.24, 2.45) is 0 Å². The van der Waals surface area contributed by atoms with Crippen LogP contribution in [0.3, 0.4) is 0 Å². The number of hydrogen-bond acceptors (Lipinski definition) is 4. The summed E-state index contributed by atoms with van der Waals surface area (Å²) in [5.74, 6) is 0.0440. The Morgan fingerprint density at radius 3 is 2.36 bits per heavy atom. The number of aryl methyl sites for hydroxylation is 1. The molecule has 3 rings (SSSR count). The number of aromatic nitrogens is 1.